The SMILES string of the molecule is CC(C)c1cc(C2CCCCN2C)ccc1C(C)C(C)C. The summed E-state index contributed by atoms with van der Waals surface area (Å²) in [6.45, 7) is 12.9. The van der Waals surface area contributed by atoms with Crippen LogP contribution in [0.2, 0.25) is 0 Å². The molecule has 2 atom stereocenters. The van der Waals surface area contributed by atoms with E-state index in [0.717, 1.165) is 0 Å². The molecule has 2 unspecified atom stereocenters. The number of rotatable bonds is 4. The normalized spacial score (nSPS) is 22.0. The van der Waals surface area contributed by atoms with E-state index in [0.29, 0.717) is 23.8 Å². The van der Waals surface area contributed by atoms with Gasteiger partial charge in [-0.15, -0.1) is 0 Å². The molecule has 1 aliphatic heterocycles. The van der Waals surface area contributed by atoms with Crippen molar-refractivity contribution < 1.29 is 0 Å². The molecule has 1 saturated heterocycles. The zero-order valence-electron chi connectivity index (χ0n) is 14.8. The molecule has 118 valence electrons. The summed E-state index contributed by atoms with van der Waals surface area (Å²) in [6.07, 6.45) is 4.04. The molecule has 0 radical (unpaired) electrons. The third-order valence-electron chi connectivity index (χ3n) is 5.38. The fourth-order valence-electron chi connectivity index (χ4n) is 3.57. The third kappa shape index (κ3) is 3.69. The van der Waals surface area contributed by atoms with Crippen molar-refractivity contribution in [1.29, 1.82) is 0 Å². The van der Waals surface area contributed by atoms with Gasteiger partial charge in [-0.2, -0.15) is 0 Å². The predicted molar refractivity (Wildman–Crippen MR) is 93.0 cm³/mol. The van der Waals surface area contributed by atoms with Crippen molar-refractivity contribution in [3.63, 3.8) is 0 Å². The number of likely N-dealkylation sites (tertiary alicyclic amines) is 1. The second kappa shape index (κ2) is 6.96. The van der Waals surface area contributed by atoms with Gasteiger partial charge in [0.15, 0.2) is 0 Å². The molecule has 1 aromatic rings. The van der Waals surface area contributed by atoms with E-state index in [9.17, 15) is 0 Å². The highest BCUT2D eigenvalue weighted by atomic mass is 15.1. The molecule has 1 aliphatic rings. The first-order valence-electron chi connectivity index (χ1n) is 8.75. The van der Waals surface area contributed by atoms with E-state index in [4.69, 9.17) is 0 Å². The van der Waals surface area contributed by atoms with Crippen molar-refractivity contribution in [3.05, 3.63) is 34.9 Å². The Bertz CT molecular complexity index is 461. The zero-order chi connectivity index (χ0) is 15.6. The summed E-state index contributed by atoms with van der Waals surface area (Å²) >= 11 is 0. The number of hydrogen-bond acceptors (Lipinski definition) is 1. The van der Waals surface area contributed by atoms with Crippen LogP contribution in [0.3, 0.4) is 0 Å². The summed E-state index contributed by atoms with van der Waals surface area (Å²) < 4.78 is 0. The standard InChI is InChI=1S/C20H33N/c1-14(2)16(5)18-11-10-17(13-19(18)15(3)4)20-9-7-8-12-21(20)6/h10-11,13-16,20H,7-9,12H2,1-6H3. The molecule has 1 heterocycles. The smallest absolute Gasteiger partial charge is 0.0345 e. The van der Waals surface area contributed by atoms with Crippen molar-refractivity contribution in [3.8, 4) is 0 Å². The van der Waals surface area contributed by atoms with Crippen molar-refractivity contribution in [1.82, 2.24) is 4.90 Å². The third-order valence-corrected chi connectivity index (χ3v) is 5.38. The van der Waals surface area contributed by atoms with Gasteiger partial charge >= 0.3 is 0 Å². The van der Waals surface area contributed by atoms with Gasteiger partial charge in [0.2, 0.25) is 0 Å². The fraction of sp³-hybridized carbons (Fsp3) is 0.700. The number of nitrogens with zero attached hydrogens (tertiary/aromatic N) is 1. The van der Waals surface area contributed by atoms with Crippen molar-refractivity contribution in [2.75, 3.05) is 13.6 Å². The van der Waals surface area contributed by atoms with Crippen LogP contribution in [0.15, 0.2) is 18.2 Å². The van der Waals surface area contributed by atoms with Crippen LogP contribution in [0, 0.1) is 5.92 Å². The molecule has 0 saturated carbocycles. The summed E-state index contributed by atoms with van der Waals surface area (Å²) in [5.41, 5.74) is 4.65. The summed E-state index contributed by atoms with van der Waals surface area (Å²) in [6, 6.07) is 7.94. The highest BCUT2D eigenvalue weighted by Gasteiger charge is 2.23. The van der Waals surface area contributed by atoms with E-state index >= 15 is 0 Å². The van der Waals surface area contributed by atoms with Gasteiger partial charge < -0.3 is 0 Å². The summed E-state index contributed by atoms with van der Waals surface area (Å²) in [5, 5.41) is 0. The van der Waals surface area contributed by atoms with Crippen LogP contribution in [-0.4, -0.2) is 18.5 Å². The summed E-state index contributed by atoms with van der Waals surface area (Å²) in [4.78, 5) is 2.54. The molecule has 0 amide bonds. The lowest BCUT2D eigenvalue weighted by molar-refractivity contribution is 0.187. The molecule has 0 N–H and O–H groups in total. The van der Waals surface area contributed by atoms with Gasteiger partial charge in [-0.25, -0.2) is 0 Å². The molecule has 0 aliphatic carbocycles. The van der Waals surface area contributed by atoms with Crippen LogP contribution in [0.4, 0.5) is 0 Å². The lowest BCUT2D eigenvalue weighted by Gasteiger charge is -2.34. The zero-order valence-corrected chi connectivity index (χ0v) is 14.8. The maximum Gasteiger partial charge on any atom is 0.0345 e. The van der Waals surface area contributed by atoms with Crippen molar-refractivity contribution in [2.24, 2.45) is 5.92 Å². The van der Waals surface area contributed by atoms with Crippen LogP contribution in [0.5, 0.6) is 0 Å². The average molecular weight is 287 g/mol. The first kappa shape index (κ1) is 16.5. The van der Waals surface area contributed by atoms with Crippen LogP contribution in [0.25, 0.3) is 0 Å². The van der Waals surface area contributed by atoms with E-state index in [2.05, 4.69) is 64.8 Å². The molecule has 1 nitrogen and oxygen atoms in total. The largest absolute Gasteiger partial charge is 0.299 e. The first-order chi connectivity index (χ1) is 9.91. The van der Waals surface area contributed by atoms with E-state index < -0.39 is 0 Å². The minimum atomic E-state index is 0.607. The summed E-state index contributed by atoms with van der Waals surface area (Å²) in [7, 11) is 2.28. The van der Waals surface area contributed by atoms with Crippen LogP contribution >= 0.6 is 0 Å². The van der Waals surface area contributed by atoms with Gasteiger partial charge in [0.05, 0.1) is 0 Å². The average Bonchev–Trinajstić information content (AvgIpc) is 2.46. The Balaban J connectivity index is 2.35. The molecule has 21 heavy (non-hydrogen) atoms. The Morgan fingerprint density at radius 1 is 1.00 bits per heavy atom. The van der Waals surface area contributed by atoms with Gasteiger partial charge in [-0.3, -0.25) is 4.90 Å². The quantitative estimate of drug-likeness (QED) is 0.684. The van der Waals surface area contributed by atoms with Crippen molar-refractivity contribution in [2.45, 2.75) is 71.8 Å². The maximum absolute atomic E-state index is 2.54. The van der Waals surface area contributed by atoms with Gasteiger partial charge in [0.25, 0.3) is 0 Å². The van der Waals surface area contributed by atoms with Crippen LogP contribution in [-0.2, 0) is 0 Å². The highest BCUT2D eigenvalue weighted by Crippen LogP contribution is 2.36. The molecule has 1 heteroatoms. The fourth-order valence-corrected chi connectivity index (χ4v) is 3.57. The van der Waals surface area contributed by atoms with E-state index in [1.165, 1.54) is 31.4 Å². The van der Waals surface area contributed by atoms with Crippen molar-refractivity contribution >= 4 is 0 Å². The molecular formula is C20H33N. The second-order valence-corrected chi connectivity index (χ2v) is 7.57. The highest BCUT2D eigenvalue weighted by molar-refractivity contribution is 5.38. The number of benzene rings is 1. The van der Waals surface area contributed by atoms with Gasteiger partial charge in [-0.05, 0) is 60.9 Å². The van der Waals surface area contributed by atoms with E-state index in [1.54, 1.807) is 11.1 Å². The predicted octanol–water partition coefficient (Wildman–Crippen LogP) is 5.73. The number of hydrogen-bond donors (Lipinski definition) is 0. The van der Waals surface area contributed by atoms with Gasteiger partial charge in [0, 0.05) is 6.04 Å². The lowest BCUT2D eigenvalue weighted by Crippen LogP contribution is -2.29. The number of piperidine rings is 1. The second-order valence-electron chi connectivity index (χ2n) is 7.57. The molecule has 1 fully saturated rings. The topological polar surface area (TPSA) is 3.24 Å². The Hall–Kier alpha value is -0.820. The molecule has 0 spiro atoms. The minimum Gasteiger partial charge on any atom is -0.299 e. The van der Waals surface area contributed by atoms with Crippen LogP contribution in [0.1, 0.15) is 88.4 Å². The van der Waals surface area contributed by atoms with Gasteiger partial charge in [-0.1, -0.05) is 59.2 Å². The lowest BCUT2D eigenvalue weighted by atomic mass is 9.82. The molecular weight excluding hydrogens is 254 g/mol. The maximum atomic E-state index is 2.54. The van der Waals surface area contributed by atoms with E-state index in [-0.39, 0.29) is 0 Å². The summed E-state index contributed by atoms with van der Waals surface area (Å²) in [5.74, 6) is 1.95. The minimum absolute atomic E-state index is 0.607. The monoisotopic (exact) mass is 287 g/mol. The molecule has 1 aromatic carbocycles. The first-order valence-corrected chi connectivity index (χ1v) is 8.75. The molecule has 2 rings (SSSR count). The van der Waals surface area contributed by atoms with Gasteiger partial charge in [0.1, 0.15) is 0 Å². The van der Waals surface area contributed by atoms with Crippen LogP contribution < -0.4 is 0 Å². The Labute approximate surface area is 131 Å². The Kier molecular flexibility index (Phi) is 5.48. The Morgan fingerprint density at radius 2 is 1.71 bits per heavy atom. The Morgan fingerprint density at radius 3 is 2.29 bits per heavy atom. The molecule has 0 bridgehead atoms. The molecule has 0 aromatic heterocycles. The van der Waals surface area contributed by atoms with E-state index in [1.807, 2.05) is 0 Å².